The van der Waals surface area contributed by atoms with Gasteiger partial charge in [-0.25, -0.2) is 0 Å². The van der Waals surface area contributed by atoms with Crippen molar-refractivity contribution < 1.29 is 9.53 Å². The van der Waals surface area contributed by atoms with Gasteiger partial charge in [0.15, 0.2) is 0 Å². The molecule has 5 nitrogen and oxygen atoms in total. The molecule has 1 amide bonds. The Balaban J connectivity index is 1.51. The molecule has 2 unspecified atom stereocenters. The Labute approximate surface area is 190 Å². The third-order valence-corrected chi connectivity index (χ3v) is 6.15. The van der Waals surface area contributed by atoms with Crippen LogP contribution in [-0.2, 0) is 4.79 Å². The van der Waals surface area contributed by atoms with E-state index in [9.17, 15) is 4.79 Å². The van der Waals surface area contributed by atoms with Crippen LogP contribution in [0.3, 0.4) is 0 Å². The maximum atomic E-state index is 13.4. The Morgan fingerprint density at radius 3 is 2.53 bits per heavy atom. The van der Waals surface area contributed by atoms with E-state index in [1.165, 1.54) is 5.56 Å². The summed E-state index contributed by atoms with van der Waals surface area (Å²) in [4.78, 5) is 20.0. The van der Waals surface area contributed by atoms with Crippen LogP contribution < -0.4 is 10.1 Å². The summed E-state index contributed by atoms with van der Waals surface area (Å²) in [5.74, 6) is 0.965. The summed E-state index contributed by atoms with van der Waals surface area (Å²) in [6, 6.07) is 24.2. The normalized spacial score (nSPS) is 17.4. The standard InChI is InChI=1S/C27H31N3O2/c1-32-23-16-14-21(15-17-23)25-13-6-3-9-19-30(25)26(31)20-29-27(22-10-4-2-5-11-22)24-12-7-8-18-28-24/h2,4-5,7-8,10-12,14-18,25,27,29H,3,6,9,13,19-20H2,1H3. The minimum atomic E-state index is -0.132. The fraction of sp³-hybridized carbons (Fsp3) is 0.333. The molecule has 166 valence electrons. The van der Waals surface area contributed by atoms with Gasteiger partial charge in [0, 0.05) is 12.7 Å². The molecule has 1 fully saturated rings. The highest BCUT2D eigenvalue weighted by Crippen LogP contribution is 2.31. The quantitative estimate of drug-likeness (QED) is 0.580. The van der Waals surface area contributed by atoms with E-state index in [4.69, 9.17) is 4.74 Å². The highest BCUT2D eigenvalue weighted by Gasteiger charge is 2.27. The average molecular weight is 430 g/mol. The first kappa shape index (κ1) is 22.0. The van der Waals surface area contributed by atoms with E-state index in [-0.39, 0.29) is 24.5 Å². The maximum absolute atomic E-state index is 13.4. The van der Waals surface area contributed by atoms with Crippen molar-refractivity contribution in [3.63, 3.8) is 0 Å². The number of benzene rings is 2. The number of aromatic nitrogens is 1. The van der Waals surface area contributed by atoms with Crippen molar-refractivity contribution in [2.45, 2.75) is 37.8 Å². The van der Waals surface area contributed by atoms with E-state index in [2.05, 4.69) is 39.5 Å². The lowest BCUT2D eigenvalue weighted by molar-refractivity contribution is -0.132. The molecule has 32 heavy (non-hydrogen) atoms. The first-order chi connectivity index (χ1) is 15.8. The summed E-state index contributed by atoms with van der Waals surface area (Å²) in [5.41, 5.74) is 3.18. The van der Waals surface area contributed by atoms with Crippen LogP contribution in [0.4, 0.5) is 0 Å². The van der Waals surface area contributed by atoms with Gasteiger partial charge in [0.25, 0.3) is 0 Å². The zero-order valence-corrected chi connectivity index (χ0v) is 18.6. The molecule has 2 atom stereocenters. The Kier molecular flexibility index (Phi) is 7.51. The molecule has 0 radical (unpaired) electrons. The molecule has 2 heterocycles. The van der Waals surface area contributed by atoms with Crippen LogP contribution in [-0.4, -0.2) is 36.0 Å². The molecule has 1 N–H and O–H groups in total. The van der Waals surface area contributed by atoms with Gasteiger partial charge in [-0.1, -0.05) is 61.4 Å². The van der Waals surface area contributed by atoms with Crippen molar-refractivity contribution >= 4 is 5.91 Å². The van der Waals surface area contributed by atoms with Gasteiger partial charge in [-0.3, -0.25) is 15.1 Å². The third-order valence-electron chi connectivity index (χ3n) is 6.15. The predicted molar refractivity (Wildman–Crippen MR) is 126 cm³/mol. The van der Waals surface area contributed by atoms with Crippen LogP contribution in [0.2, 0.25) is 0 Å². The molecule has 1 saturated heterocycles. The van der Waals surface area contributed by atoms with E-state index in [0.717, 1.165) is 49.2 Å². The lowest BCUT2D eigenvalue weighted by atomic mass is 10.0. The summed E-state index contributed by atoms with van der Waals surface area (Å²) in [6.07, 6.45) is 6.11. The molecule has 2 aromatic carbocycles. The van der Waals surface area contributed by atoms with Gasteiger partial charge in [0.1, 0.15) is 5.75 Å². The summed E-state index contributed by atoms with van der Waals surface area (Å²) < 4.78 is 5.31. The van der Waals surface area contributed by atoms with Crippen LogP contribution in [0.15, 0.2) is 79.0 Å². The second kappa shape index (κ2) is 10.9. The summed E-state index contributed by atoms with van der Waals surface area (Å²) >= 11 is 0. The lowest BCUT2D eigenvalue weighted by Gasteiger charge is -2.31. The number of likely N-dealkylation sites (tertiary alicyclic amines) is 1. The molecular weight excluding hydrogens is 398 g/mol. The zero-order valence-electron chi connectivity index (χ0n) is 18.6. The van der Waals surface area contributed by atoms with Crippen molar-refractivity contribution in [3.8, 4) is 5.75 Å². The van der Waals surface area contributed by atoms with Crippen LogP contribution in [0, 0.1) is 0 Å². The first-order valence-electron chi connectivity index (χ1n) is 11.4. The molecule has 1 aliphatic rings. The van der Waals surface area contributed by atoms with Crippen LogP contribution in [0.5, 0.6) is 5.75 Å². The molecule has 1 aliphatic heterocycles. The smallest absolute Gasteiger partial charge is 0.237 e. The number of nitrogens with zero attached hydrogens (tertiary/aromatic N) is 2. The van der Waals surface area contributed by atoms with Gasteiger partial charge >= 0.3 is 0 Å². The number of methoxy groups -OCH3 is 1. The molecule has 0 saturated carbocycles. The predicted octanol–water partition coefficient (Wildman–Crippen LogP) is 4.91. The summed E-state index contributed by atoms with van der Waals surface area (Å²) in [5, 5.41) is 3.49. The van der Waals surface area contributed by atoms with Gasteiger partial charge in [-0.15, -0.1) is 0 Å². The number of rotatable bonds is 7. The average Bonchev–Trinajstić information content (AvgIpc) is 3.12. The van der Waals surface area contributed by atoms with Crippen molar-refractivity contribution in [2.75, 3.05) is 20.2 Å². The highest BCUT2D eigenvalue weighted by molar-refractivity contribution is 5.79. The van der Waals surface area contributed by atoms with Crippen molar-refractivity contribution in [1.29, 1.82) is 0 Å². The third kappa shape index (κ3) is 5.35. The summed E-state index contributed by atoms with van der Waals surface area (Å²) in [6.45, 7) is 1.06. The number of carbonyl (C=O) groups excluding carboxylic acids is 1. The second-order valence-electron chi connectivity index (χ2n) is 8.20. The number of hydrogen-bond donors (Lipinski definition) is 1. The summed E-state index contributed by atoms with van der Waals surface area (Å²) in [7, 11) is 1.67. The Morgan fingerprint density at radius 2 is 1.81 bits per heavy atom. The Hall–Kier alpha value is -3.18. The van der Waals surface area contributed by atoms with E-state index in [1.54, 1.807) is 13.3 Å². The van der Waals surface area contributed by atoms with Crippen molar-refractivity contribution in [1.82, 2.24) is 15.2 Å². The van der Waals surface area contributed by atoms with Gasteiger partial charge in [0.05, 0.1) is 31.4 Å². The maximum Gasteiger partial charge on any atom is 0.237 e. The molecular formula is C27H31N3O2. The minimum Gasteiger partial charge on any atom is -0.497 e. The SMILES string of the molecule is COc1ccc(C2CCCCCN2C(=O)CNC(c2ccccc2)c2ccccn2)cc1. The molecule has 0 aliphatic carbocycles. The van der Waals surface area contributed by atoms with E-state index in [1.807, 2.05) is 48.5 Å². The van der Waals surface area contributed by atoms with Crippen LogP contribution in [0.1, 0.15) is 54.6 Å². The van der Waals surface area contributed by atoms with Gasteiger partial charge in [0.2, 0.25) is 5.91 Å². The van der Waals surface area contributed by atoms with Gasteiger partial charge in [-0.2, -0.15) is 0 Å². The van der Waals surface area contributed by atoms with Crippen LogP contribution in [0.25, 0.3) is 0 Å². The molecule has 1 aromatic heterocycles. The molecule has 3 aromatic rings. The highest BCUT2D eigenvalue weighted by atomic mass is 16.5. The zero-order chi connectivity index (χ0) is 22.2. The van der Waals surface area contributed by atoms with E-state index < -0.39 is 0 Å². The number of hydrogen-bond acceptors (Lipinski definition) is 4. The van der Waals surface area contributed by atoms with Crippen molar-refractivity contribution in [2.24, 2.45) is 0 Å². The number of nitrogens with one attached hydrogen (secondary N) is 1. The molecule has 0 spiro atoms. The molecule has 0 bridgehead atoms. The Bertz CT molecular complexity index is 937. The largest absolute Gasteiger partial charge is 0.497 e. The molecule has 4 rings (SSSR count). The van der Waals surface area contributed by atoms with Crippen LogP contribution >= 0.6 is 0 Å². The fourth-order valence-corrected chi connectivity index (χ4v) is 4.46. The Morgan fingerprint density at radius 1 is 1.03 bits per heavy atom. The lowest BCUT2D eigenvalue weighted by Crippen LogP contribution is -2.41. The van der Waals surface area contributed by atoms with E-state index in [0.29, 0.717) is 0 Å². The second-order valence-corrected chi connectivity index (χ2v) is 8.20. The van der Waals surface area contributed by atoms with E-state index >= 15 is 0 Å². The minimum absolute atomic E-state index is 0.0998. The fourth-order valence-electron chi connectivity index (χ4n) is 4.46. The first-order valence-corrected chi connectivity index (χ1v) is 11.4. The van der Waals surface area contributed by atoms with Crippen molar-refractivity contribution in [3.05, 3.63) is 95.8 Å². The van der Waals surface area contributed by atoms with Gasteiger partial charge < -0.3 is 9.64 Å². The number of amides is 1. The monoisotopic (exact) mass is 429 g/mol. The number of pyridine rings is 1. The number of ether oxygens (including phenoxy) is 1. The molecule has 5 heteroatoms. The van der Waals surface area contributed by atoms with Gasteiger partial charge in [-0.05, 0) is 48.2 Å². The topological polar surface area (TPSA) is 54.5 Å². The number of carbonyl (C=O) groups is 1.